The third kappa shape index (κ3) is 5.45. The number of amides is 1. The lowest BCUT2D eigenvalue weighted by atomic mass is 10.2. The van der Waals surface area contributed by atoms with Crippen molar-refractivity contribution in [3.63, 3.8) is 0 Å². The Hall–Kier alpha value is -3.66. The van der Waals surface area contributed by atoms with Crippen molar-refractivity contribution in [3.05, 3.63) is 74.7 Å². The molecule has 0 aliphatic rings. The van der Waals surface area contributed by atoms with Crippen LogP contribution in [-0.2, 0) is 6.61 Å². The maximum Gasteiger partial charge on any atom is 0.292 e. The van der Waals surface area contributed by atoms with E-state index in [0.717, 1.165) is 5.69 Å². The summed E-state index contributed by atoms with van der Waals surface area (Å²) in [5.41, 5.74) is 3.35. The van der Waals surface area contributed by atoms with Crippen molar-refractivity contribution in [2.24, 2.45) is 0 Å². The monoisotopic (exact) mass is 428 g/mol. The average molecular weight is 428 g/mol. The Morgan fingerprint density at radius 1 is 1.20 bits per heavy atom. The van der Waals surface area contributed by atoms with Crippen molar-refractivity contribution in [1.82, 2.24) is 10.3 Å². The molecule has 2 N–H and O–H groups in total. The van der Waals surface area contributed by atoms with Gasteiger partial charge in [-0.3, -0.25) is 14.9 Å². The molecule has 0 atom stereocenters. The van der Waals surface area contributed by atoms with E-state index in [2.05, 4.69) is 15.6 Å². The van der Waals surface area contributed by atoms with Gasteiger partial charge in [0, 0.05) is 30.1 Å². The molecule has 0 fully saturated rings. The molecule has 0 spiro atoms. The van der Waals surface area contributed by atoms with Crippen LogP contribution in [0.4, 0.5) is 11.4 Å². The van der Waals surface area contributed by atoms with Crippen molar-refractivity contribution < 1.29 is 19.2 Å². The molecule has 0 saturated heterocycles. The van der Waals surface area contributed by atoms with Gasteiger partial charge in [0.15, 0.2) is 11.5 Å². The first kappa shape index (κ1) is 21.1. The number of rotatable bonds is 10. The largest absolute Gasteiger partial charge is 0.493 e. The van der Waals surface area contributed by atoms with E-state index in [-0.39, 0.29) is 18.1 Å². The van der Waals surface area contributed by atoms with Crippen LogP contribution in [0.25, 0.3) is 0 Å². The summed E-state index contributed by atoms with van der Waals surface area (Å²) < 4.78 is 11.0. The Morgan fingerprint density at radius 3 is 2.77 bits per heavy atom. The van der Waals surface area contributed by atoms with Crippen molar-refractivity contribution in [2.75, 3.05) is 25.5 Å². The van der Waals surface area contributed by atoms with Gasteiger partial charge in [-0.2, -0.15) is 0 Å². The fourth-order valence-corrected chi connectivity index (χ4v) is 3.19. The highest BCUT2D eigenvalue weighted by atomic mass is 32.1. The standard InChI is InChI=1S/C20H20N4O5S/c1-28-19-10-14(6-7-18(19)29-11-15-12-30-13-23-15)20(25)22-9-8-21-16-4-2-3-5-17(16)24(26)27/h2-7,10,12-13,21H,8-9,11H2,1H3,(H,22,25). The number of nitro groups is 1. The van der Waals surface area contributed by atoms with Crippen LogP contribution in [0.3, 0.4) is 0 Å². The zero-order valence-corrected chi connectivity index (χ0v) is 17.0. The van der Waals surface area contributed by atoms with Gasteiger partial charge in [-0.05, 0) is 24.3 Å². The fraction of sp³-hybridized carbons (Fsp3) is 0.200. The van der Waals surface area contributed by atoms with E-state index >= 15 is 0 Å². The molecular weight excluding hydrogens is 408 g/mol. The number of nitro benzene ring substituents is 1. The number of thiazole rings is 1. The van der Waals surface area contributed by atoms with Gasteiger partial charge in [-0.25, -0.2) is 4.98 Å². The highest BCUT2D eigenvalue weighted by Crippen LogP contribution is 2.29. The number of hydrogen-bond donors (Lipinski definition) is 2. The zero-order chi connectivity index (χ0) is 21.3. The second-order valence-corrected chi connectivity index (χ2v) is 6.81. The van der Waals surface area contributed by atoms with Crippen LogP contribution in [0, 0.1) is 10.1 Å². The van der Waals surface area contributed by atoms with E-state index in [0.29, 0.717) is 35.9 Å². The number of methoxy groups -OCH3 is 1. The van der Waals surface area contributed by atoms with Crippen LogP contribution in [-0.4, -0.2) is 36.0 Å². The molecule has 156 valence electrons. The quantitative estimate of drug-likeness (QED) is 0.288. The summed E-state index contributed by atoms with van der Waals surface area (Å²) in [4.78, 5) is 27.1. The molecule has 10 heteroatoms. The Morgan fingerprint density at radius 2 is 2.03 bits per heavy atom. The second-order valence-electron chi connectivity index (χ2n) is 6.09. The summed E-state index contributed by atoms with van der Waals surface area (Å²) in [6.45, 7) is 0.931. The molecule has 2 aromatic carbocycles. The van der Waals surface area contributed by atoms with E-state index in [1.807, 2.05) is 5.38 Å². The Bertz CT molecular complexity index is 1010. The van der Waals surface area contributed by atoms with Gasteiger partial charge in [0.25, 0.3) is 11.6 Å². The number of anilines is 1. The van der Waals surface area contributed by atoms with E-state index in [9.17, 15) is 14.9 Å². The molecule has 0 aliphatic carbocycles. The predicted octanol–water partition coefficient (Wildman–Crippen LogP) is 3.48. The van der Waals surface area contributed by atoms with E-state index in [1.165, 1.54) is 24.5 Å². The normalized spacial score (nSPS) is 10.3. The van der Waals surface area contributed by atoms with Gasteiger partial charge >= 0.3 is 0 Å². The SMILES string of the molecule is COc1cc(C(=O)NCCNc2ccccc2[N+](=O)[O-])ccc1OCc1cscn1. The Kier molecular flexibility index (Phi) is 7.17. The Labute approximate surface area is 176 Å². The maximum atomic E-state index is 12.4. The highest BCUT2D eigenvalue weighted by molar-refractivity contribution is 7.07. The first-order chi connectivity index (χ1) is 14.6. The number of carbonyl (C=O) groups excluding carboxylic acids is 1. The number of hydrogen-bond acceptors (Lipinski definition) is 8. The molecule has 0 aliphatic heterocycles. The van der Waals surface area contributed by atoms with Gasteiger partial charge in [-0.15, -0.1) is 11.3 Å². The molecule has 3 aromatic rings. The third-order valence-corrected chi connectivity index (χ3v) is 4.75. The lowest BCUT2D eigenvalue weighted by molar-refractivity contribution is -0.384. The zero-order valence-electron chi connectivity index (χ0n) is 16.2. The van der Waals surface area contributed by atoms with Crippen LogP contribution in [0.2, 0.25) is 0 Å². The molecule has 0 saturated carbocycles. The van der Waals surface area contributed by atoms with E-state index in [1.54, 1.807) is 41.9 Å². The van der Waals surface area contributed by atoms with Gasteiger partial charge in [0.2, 0.25) is 0 Å². The highest BCUT2D eigenvalue weighted by Gasteiger charge is 2.13. The minimum Gasteiger partial charge on any atom is -0.493 e. The lowest BCUT2D eigenvalue weighted by Gasteiger charge is -2.12. The predicted molar refractivity (Wildman–Crippen MR) is 113 cm³/mol. The molecule has 30 heavy (non-hydrogen) atoms. The molecule has 0 bridgehead atoms. The molecule has 0 radical (unpaired) electrons. The van der Waals surface area contributed by atoms with Gasteiger partial charge in [0.1, 0.15) is 12.3 Å². The molecular formula is C20H20N4O5S. The average Bonchev–Trinajstić information content (AvgIpc) is 3.29. The maximum absolute atomic E-state index is 12.4. The van der Waals surface area contributed by atoms with E-state index < -0.39 is 4.92 Å². The Balaban J connectivity index is 1.53. The second kappa shape index (κ2) is 10.2. The van der Waals surface area contributed by atoms with Crippen LogP contribution in [0.5, 0.6) is 11.5 Å². The van der Waals surface area contributed by atoms with Gasteiger partial charge in [-0.1, -0.05) is 12.1 Å². The first-order valence-corrected chi connectivity index (χ1v) is 9.96. The molecule has 1 amide bonds. The number of aromatic nitrogens is 1. The summed E-state index contributed by atoms with van der Waals surface area (Å²) in [6, 6.07) is 11.3. The summed E-state index contributed by atoms with van der Waals surface area (Å²) in [5, 5.41) is 18.6. The number of nitrogens with zero attached hydrogens (tertiary/aromatic N) is 2. The van der Waals surface area contributed by atoms with Crippen LogP contribution < -0.4 is 20.1 Å². The lowest BCUT2D eigenvalue weighted by Crippen LogP contribution is -2.28. The van der Waals surface area contributed by atoms with Crippen molar-refractivity contribution in [2.45, 2.75) is 6.61 Å². The summed E-state index contributed by atoms with van der Waals surface area (Å²) in [5.74, 6) is 0.666. The van der Waals surface area contributed by atoms with Gasteiger partial charge in [0.05, 0.1) is 23.2 Å². The smallest absolute Gasteiger partial charge is 0.292 e. The number of nitrogens with one attached hydrogen (secondary N) is 2. The van der Waals surface area contributed by atoms with Crippen LogP contribution in [0.15, 0.2) is 53.4 Å². The molecule has 3 rings (SSSR count). The minimum absolute atomic E-state index is 0.0122. The molecule has 1 aromatic heterocycles. The van der Waals surface area contributed by atoms with Crippen LogP contribution >= 0.6 is 11.3 Å². The molecule has 1 heterocycles. The molecule has 0 unspecified atom stereocenters. The number of carbonyl (C=O) groups is 1. The summed E-state index contributed by atoms with van der Waals surface area (Å²) in [7, 11) is 1.50. The number of para-hydroxylation sites is 2. The van der Waals surface area contributed by atoms with Crippen molar-refractivity contribution in [3.8, 4) is 11.5 Å². The fourth-order valence-electron chi connectivity index (χ4n) is 2.65. The summed E-state index contributed by atoms with van der Waals surface area (Å²) >= 11 is 1.49. The van der Waals surface area contributed by atoms with E-state index in [4.69, 9.17) is 9.47 Å². The van der Waals surface area contributed by atoms with Crippen molar-refractivity contribution >= 4 is 28.6 Å². The van der Waals surface area contributed by atoms with Crippen molar-refractivity contribution in [1.29, 1.82) is 0 Å². The van der Waals surface area contributed by atoms with Crippen LogP contribution in [0.1, 0.15) is 16.1 Å². The summed E-state index contributed by atoms with van der Waals surface area (Å²) in [6.07, 6.45) is 0. The number of benzene rings is 2. The van der Waals surface area contributed by atoms with Gasteiger partial charge < -0.3 is 20.1 Å². The third-order valence-electron chi connectivity index (χ3n) is 4.11. The minimum atomic E-state index is -0.453. The molecule has 9 nitrogen and oxygen atoms in total. The first-order valence-electron chi connectivity index (χ1n) is 9.02. The number of ether oxygens (including phenoxy) is 2. The topological polar surface area (TPSA) is 116 Å².